The van der Waals surface area contributed by atoms with Crippen LogP contribution in [0.1, 0.15) is 32.4 Å². The summed E-state index contributed by atoms with van der Waals surface area (Å²) in [6.45, 7) is 0.764. The van der Waals surface area contributed by atoms with Gasteiger partial charge in [0.1, 0.15) is 0 Å². The minimum atomic E-state index is -0.445. The summed E-state index contributed by atoms with van der Waals surface area (Å²) in [4.78, 5) is 41.3. The van der Waals surface area contributed by atoms with Gasteiger partial charge < -0.3 is 10.6 Å². The van der Waals surface area contributed by atoms with Crippen LogP contribution in [0, 0.1) is 0 Å². The first-order chi connectivity index (χ1) is 13.7. The van der Waals surface area contributed by atoms with E-state index in [1.54, 1.807) is 12.4 Å². The van der Waals surface area contributed by atoms with E-state index in [0.29, 0.717) is 25.9 Å². The molecule has 0 radical (unpaired) electrons. The summed E-state index contributed by atoms with van der Waals surface area (Å²) in [6, 6.07) is 11.2. The van der Waals surface area contributed by atoms with E-state index >= 15 is 0 Å². The van der Waals surface area contributed by atoms with E-state index in [2.05, 4.69) is 30.6 Å². The predicted molar refractivity (Wildman–Crippen MR) is 103 cm³/mol. The number of hydrogen-bond donors (Lipinski definition) is 2. The molecule has 8 heteroatoms. The molecule has 0 aliphatic rings. The van der Waals surface area contributed by atoms with Crippen LogP contribution in [0.5, 0.6) is 0 Å². The number of nitrogens with zero attached hydrogens (tertiary/aromatic N) is 4. The van der Waals surface area contributed by atoms with Crippen molar-refractivity contribution in [1.29, 1.82) is 0 Å². The molecule has 0 unspecified atom stereocenters. The fourth-order valence-electron chi connectivity index (χ4n) is 2.54. The Labute approximate surface area is 162 Å². The number of amides is 2. The summed E-state index contributed by atoms with van der Waals surface area (Å²) >= 11 is 0. The lowest BCUT2D eigenvalue weighted by atomic mass is 10.2. The van der Waals surface area contributed by atoms with E-state index in [-0.39, 0.29) is 11.4 Å². The minimum absolute atomic E-state index is 0.00106. The Hall–Kier alpha value is -3.68. The molecule has 0 aliphatic heterocycles. The lowest BCUT2D eigenvalue weighted by Crippen LogP contribution is -2.33. The Balaban J connectivity index is 1.55. The van der Waals surface area contributed by atoms with Crippen molar-refractivity contribution in [2.45, 2.75) is 12.8 Å². The molecule has 2 N–H and O–H groups in total. The fourth-order valence-corrected chi connectivity index (χ4v) is 2.54. The zero-order valence-electron chi connectivity index (χ0n) is 15.2. The highest BCUT2D eigenvalue weighted by Gasteiger charge is 2.19. The van der Waals surface area contributed by atoms with Crippen LogP contribution >= 0.6 is 0 Å². The molecular formula is C20H20N6O2. The number of hydrogen-bond acceptors (Lipinski definition) is 6. The number of aromatic nitrogens is 4. The van der Waals surface area contributed by atoms with E-state index in [9.17, 15) is 9.59 Å². The van der Waals surface area contributed by atoms with Crippen LogP contribution in [-0.4, -0.2) is 44.8 Å². The highest BCUT2D eigenvalue weighted by molar-refractivity contribution is 6.04. The molecule has 0 atom stereocenters. The van der Waals surface area contributed by atoms with Gasteiger partial charge in [-0.1, -0.05) is 12.1 Å². The maximum Gasteiger partial charge on any atom is 0.272 e. The molecular weight excluding hydrogens is 356 g/mol. The summed E-state index contributed by atoms with van der Waals surface area (Å²) in [6.07, 6.45) is 7.34. The lowest BCUT2D eigenvalue weighted by Gasteiger charge is -2.09. The summed E-state index contributed by atoms with van der Waals surface area (Å²) in [7, 11) is 0. The third-order valence-corrected chi connectivity index (χ3v) is 3.91. The summed E-state index contributed by atoms with van der Waals surface area (Å²) in [5.41, 5.74) is 1.74. The van der Waals surface area contributed by atoms with Crippen LogP contribution in [0.3, 0.4) is 0 Å². The number of rotatable bonds is 8. The van der Waals surface area contributed by atoms with Crippen molar-refractivity contribution in [2.75, 3.05) is 13.1 Å². The van der Waals surface area contributed by atoms with Gasteiger partial charge in [0.2, 0.25) is 0 Å². The zero-order chi connectivity index (χ0) is 19.6. The lowest BCUT2D eigenvalue weighted by molar-refractivity contribution is 0.0911. The van der Waals surface area contributed by atoms with Crippen LogP contribution in [0.2, 0.25) is 0 Å². The molecule has 3 heterocycles. The largest absolute Gasteiger partial charge is 0.350 e. The van der Waals surface area contributed by atoms with Gasteiger partial charge in [-0.25, -0.2) is 9.97 Å². The van der Waals surface area contributed by atoms with Gasteiger partial charge in [0, 0.05) is 62.1 Å². The van der Waals surface area contributed by atoms with Gasteiger partial charge in [-0.05, 0) is 24.3 Å². The molecule has 142 valence electrons. The van der Waals surface area contributed by atoms with Crippen LogP contribution in [0.15, 0.2) is 61.2 Å². The zero-order valence-corrected chi connectivity index (χ0v) is 15.2. The molecule has 8 nitrogen and oxygen atoms in total. The molecule has 0 spiro atoms. The van der Waals surface area contributed by atoms with Crippen LogP contribution < -0.4 is 10.6 Å². The summed E-state index contributed by atoms with van der Waals surface area (Å²) in [5, 5.41) is 5.51. The molecule has 0 saturated heterocycles. The average Bonchev–Trinajstić information content (AvgIpc) is 2.75. The second kappa shape index (κ2) is 9.86. The number of carbonyl (C=O) groups is 2. The Kier molecular flexibility index (Phi) is 6.73. The molecule has 3 aromatic rings. The highest BCUT2D eigenvalue weighted by Crippen LogP contribution is 2.03. The molecule has 28 heavy (non-hydrogen) atoms. The molecule has 0 aliphatic carbocycles. The molecule has 3 rings (SSSR count). The first-order valence-electron chi connectivity index (χ1n) is 8.91. The second-order valence-electron chi connectivity index (χ2n) is 5.91. The Morgan fingerprint density at radius 2 is 1.11 bits per heavy atom. The molecule has 2 amide bonds. The first-order valence-corrected chi connectivity index (χ1v) is 8.91. The molecule has 0 aromatic carbocycles. The van der Waals surface area contributed by atoms with E-state index in [4.69, 9.17) is 0 Å². The van der Waals surface area contributed by atoms with Crippen molar-refractivity contribution < 1.29 is 9.59 Å². The molecule has 0 fully saturated rings. The molecule has 0 bridgehead atoms. The van der Waals surface area contributed by atoms with Gasteiger partial charge in [0.15, 0.2) is 11.4 Å². The normalized spacial score (nSPS) is 10.3. The van der Waals surface area contributed by atoms with Crippen molar-refractivity contribution in [1.82, 2.24) is 30.6 Å². The van der Waals surface area contributed by atoms with Gasteiger partial charge >= 0.3 is 0 Å². The van der Waals surface area contributed by atoms with E-state index in [0.717, 1.165) is 11.4 Å². The van der Waals surface area contributed by atoms with Crippen molar-refractivity contribution in [3.8, 4) is 0 Å². The van der Waals surface area contributed by atoms with Crippen LogP contribution in [0.4, 0.5) is 0 Å². The number of pyridine rings is 2. The third kappa shape index (κ3) is 5.41. The minimum Gasteiger partial charge on any atom is -0.350 e. The molecule has 3 aromatic heterocycles. The van der Waals surface area contributed by atoms with E-state index < -0.39 is 11.8 Å². The smallest absolute Gasteiger partial charge is 0.272 e. The SMILES string of the molecule is O=C(NCCc1ccccn1)c1nccnc1C(=O)NCCc1ccccn1. The predicted octanol–water partition coefficient (Wildman–Crippen LogP) is 1.21. The average molecular weight is 376 g/mol. The van der Waals surface area contributed by atoms with Gasteiger partial charge in [0.05, 0.1) is 0 Å². The third-order valence-electron chi connectivity index (χ3n) is 3.91. The summed E-state index contributed by atoms with van der Waals surface area (Å²) in [5.74, 6) is -0.891. The van der Waals surface area contributed by atoms with Gasteiger partial charge in [0.25, 0.3) is 11.8 Å². The summed E-state index contributed by atoms with van der Waals surface area (Å²) < 4.78 is 0. The quantitative estimate of drug-likeness (QED) is 0.612. The van der Waals surface area contributed by atoms with Crippen molar-refractivity contribution in [3.05, 3.63) is 84.0 Å². The van der Waals surface area contributed by atoms with Gasteiger partial charge in [-0.15, -0.1) is 0 Å². The Morgan fingerprint density at radius 1 is 0.643 bits per heavy atom. The van der Waals surface area contributed by atoms with Crippen LogP contribution in [0.25, 0.3) is 0 Å². The van der Waals surface area contributed by atoms with Crippen molar-refractivity contribution in [3.63, 3.8) is 0 Å². The monoisotopic (exact) mass is 376 g/mol. The van der Waals surface area contributed by atoms with Crippen molar-refractivity contribution >= 4 is 11.8 Å². The highest BCUT2D eigenvalue weighted by atomic mass is 16.2. The van der Waals surface area contributed by atoms with Gasteiger partial charge in [-0.3, -0.25) is 19.6 Å². The maximum absolute atomic E-state index is 12.4. The van der Waals surface area contributed by atoms with Gasteiger partial charge in [-0.2, -0.15) is 0 Å². The fraction of sp³-hybridized carbons (Fsp3) is 0.200. The Morgan fingerprint density at radius 3 is 1.50 bits per heavy atom. The Bertz CT molecular complexity index is 842. The second-order valence-corrected chi connectivity index (χ2v) is 5.91. The van der Waals surface area contributed by atoms with Crippen LogP contribution in [-0.2, 0) is 12.8 Å². The topological polar surface area (TPSA) is 110 Å². The standard InChI is InChI=1S/C20H20N6O2/c27-19(25-11-7-15-5-1-3-9-21-15)17-18(24-14-13-23-17)20(28)26-12-8-16-6-2-4-10-22-16/h1-6,9-10,13-14H,7-8,11-12H2,(H,25,27)(H,26,28). The van der Waals surface area contributed by atoms with Crippen molar-refractivity contribution in [2.24, 2.45) is 0 Å². The van der Waals surface area contributed by atoms with E-state index in [1.807, 2.05) is 36.4 Å². The van der Waals surface area contributed by atoms with E-state index in [1.165, 1.54) is 12.4 Å². The number of carbonyl (C=O) groups excluding carboxylic acids is 2. The maximum atomic E-state index is 12.4. The first kappa shape index (κ1) is 19.1. The molecule has 0 saturated carbocycles. The number of nitrogens with one attached hydrogen (secondary N) is 2.